The van der Waals surface area contributed by atoms with E-state index in [1.807, 2.05) is 18.2 Å². The van der Waals surface area contributed by atoms with Crippen LogP contribution in [0, 0.1) is 6.92 Å². The molecule has 33 heavy (non-hydrogen) atoms. The Morgan fingerprint density at radius 3 is 2.30 bits per heavy atom. The number of nitrogens with zero attached hydrogens (tertiary/aromatic N) is 4. The molecule has 0 radical (unpaired) electrons. The topological polar surface area (TPSA) is 104 Å². The Morgan fingerprint density at radius 1 is 0.970 bits per heavy atom. The van der Waals surface area contributed by atoms with Crippen molar-refractivity contribution in [3.05, 3.63) is 66.1 Å². The number of piperazine rings is 1. The Balaban J connectivity index is 1.35. The maximum atomic E-state index is 12.5. The summed E-state index contributed by atoms with van der Waals surface area (Å²) in [6.45, 7) is 5.83. The molecule has 1 fully saturated rings. The monoisotopic (exact) mass is 448 g/mol. The van der Waals surface area contributed by atoms with E-state index in [-0.39, 0.29) is 6.04 Å². The van der Waals surface area contributed by atoms with Crippen molar-refractivity contribution in [1.82, 2.24) is 25.3 Å². The predicted molar refractivity (Wildman–Crippen MR) is 124 cm³/mol. The number of amides is 2. The van der Waals surface area contributed by atoms with Crippen LogP contribution < -0.4 is 10.6 Å². The summed E-state index contributed by atoms with van der Waals surface area (Å²) in [5, 5.41) is 13.2. The van der Waals surface area contributed by atoms with E-state index >= 15 is 0 Å². The zero-order valence-corrected chi connectivity index (χ0v) is 18.8. The summed E-state index contributed by atoms with van der Waals surface area (Å²) >= 11 is 0. The highest BCUT2D eigenvalue weighted by Crippen LogP contribution is 2.22. The van der Waals surface area contributed by atoms with Crippen LogP contribution in [0.5, 0.6) is 0 Å². The number of likely N-dealkylation sites (N-methyl/N-ethyl adjacent to an activating group) is 1. The number of nitrogens with one attached hydrogen (secondary N) is 2. The van der Waals surface area contributed by atoms with Crippen molar-refractivity contribution in [3.63, 3.8) is 0 Å². The number of rotatable bonds is 6. The lowest BCUT2D eigenvalue weighted by Gasteiger charge is -2.38. The van der Waals surface area contributed by atoms with Crippen LogP contribution in [0.1, 0.15) is 17.5 Å². The Kier molecular flexibility index (Phi) is 7.11. The van der Waals surface area contributed by atoms with Gasteiger partial charge in [-0.05, 0) is 36.9 Å². The third-order valence-electron chi connectivity index (χ3n) is 5.74. The van der Waals surface area contributed by atoms with E-state index in [0.29, 0.717) is 24.0 Å². The minimum absolute atomic E-state index is 0.00814. The van der Waals surface area contributed by atoms with Crippen molar-refractivity contribution in [2.45, 2.75) is 13.0 Å². The summed E-state index contributed by atoms with van der Waals surface area (Å²) in [5.74, 6) is -0.494. The van der Waals surface area contributed by atoms with Gasteiger partial charge in [-0.1, -0.05) is 30.3 Å². The second kappa shape index (κ2) is 10.4. The molecule has 1 unspecified atom stereocenters. The Hall–Kier alpha value is -3.56. The first-order valence-corrected chi connectivity index (χ1v) is 11.0. The zero-order valence-electron chi connectivity index (χ0n) is 18.8. The average molecular weight is 449 g/mol. The van der Waals surface area contributed by atoms with Gasteiger partial charge < -0.3 is 20.0 Å². The molecule has 1 saturated heterocycles. The molecular weight excluding hydrogens is 420 g/mol. The molecule has 9 nitrogen and oxygen atoms in total. The standard InChI is InChI=1S/C24H28N6O3/c1-17-27-28-24(33-17)19-8-10-20(11-9-19)26-23(32)22(31)25-16-21(18-6-4-3-5-7-18)30-14-12-29(2)13-15-30/h3-11,21H,12-16H2,1-2H3,(H,25,31)(H,26,32). The van der Waals surface area contributed by atoms with Gasteiger partial charge in [0.15, 0.2) is 0 Å². The fourth-order valence-electron chi connectivity index (χ4n) is 3.83. The first kappa shape index (κ1) is 22.6. The van der Waals surface area contributed by atoms with Gasteiger partial charge in [0.1, 0.15) is 0 Å². The lowest BCUT2D eigenvalue weighted by Crippen LogP contribution is -2.49. The summed E-state index contributed by atoms with van der Waals surface area (Å²) in [4.78, 5) is 29.6. The summed E-state index contributed by atoms with van der Waals surface area (Å²) in [6, 6.07) is 17.0. The molecule has 2 heterocycles. The number of carbonyl (C=O) groups is 2. The second-order valence-corrected chi connectivity index (χ2v) is 8.13. The molecule has 9 heteroatoms. The molecule has 1 aromatic heterocycles. The number of aryl methyl sites for hydroxylation is 1. The highest BCUT2D eigenvalue weighted by atomic mass is 16.4. The molecule has 0 spiro atoms. The third kappa shape index (κ3) is 5.82. The van der Waals surface area contributed by atoms with Gasteiger partial charge >= 0.3 is 11.8 Å². The van der Waals surface area contributed by atoms with Crippen LogP contribution in [0.4, 0.5) is 5.69 Å². The minimum Gasteiger partial charge on any atom is -0.421 e. The molecule has 1 aliphatic heterocycles. The van der Waals surface area contributed by atoms with Crippen molar-refractivity contribution in [1.29, 1.82) is 0 Å². The lowest BCUT2D eigenvalue weighted by atomic mass is 10.0. The van der Waals surface area contributed by atoms with E-state index in [2.05, 4.69) is 49.8 Å². The van der Waals surface area contributed by atoms with Gasteiger partial charge in [-0.3, -0.25) is 14.5 Å². The van der Waals surface area contributed by atoms with Gasteiger partial charge in [0.2, 0.25) is 11.8 Å². The maximum Gasteiger partial charge on any atom is 0.313 e. The summed E-state index contributed by atoms with van der Waals surface area (Å²) < 4.78 is 5.40. The SMILES string of the molecule is Cc1nnc(-c2ccc(NC(=O)C(=O)NCC(c3ccccc3)N3CCN(C)CC3)cc2)o1. The van der Waals surface area contributed by atoms with Crippen LogP contribution in [0.15, 0.2) is 59.0 Å². The van der Waals surface area contributed by atoms with Crippen LogP contribution in [0.3, 0.4) is 0 Å². The first-order valence-electron chi connectivity index (χ1n) is 11.0. The van der Waals surface area contributed by atoms with Crippen LogP contribution >= 0.6 is 0 Å². The highest BCUT2D eigenvalue weighted by molar-refractivity contribution is 6.39. The van der Waals surface area contributed by atoms with Gasteiger partial charge in [0.25, 0.3) is 0 Å². The van der Waals surface area contributed by atoms with Crippen LogP contribution in [0.25, 0.3) is 11.5 Å². The van der Waals surface area contributed by atoms with Gasteiger partial charge in [0, 0.05) is 50.9 Å². The van der Waals surface area contributed by atoms with Crippen molar-refractivity contribution in [2.24, 2.45) is 0 Å². The average Bonchev–Trinajstić information content (AvgIpc) is 3.27. The predicted octanol–water partition coefficient (Wildman–Crippen LogP) is 2.09. The fourth-order valence-corrected chi connectivity index (χ4v) is 3.83. The molecule has 172 valence electrons. The van der Waals surface area contributed by atoms with Crippen molar-refractivity contribution >= 4 is 17.5 Å². The van der Waals surface area contributed by atoms with Crippen molar-refractivity contribution < 1.29 is 14.0 Å². The molecule has 1 aliphatic rings. The maximum absolute atomic E-state index is 12.5. The molecule has 4 rings (SSSR count). The molecule has 2 N–H and O–H groups in total. The lowest BCUT2D eigenvalue weighted by molar-refractivity contribution is -0.136. The van der Waals surface area contributed by atoms with Gasteiger partial charge in [0.05, 0.1) is 6.04 Å². The Morgan fingerprint density at radius 2 is 1.67 bits per heavy atom. The molecule has 1 atom stereocenters. The molecule has 0 aliphatic carbocycles. The van der Waals surface area contributed by atoms with E-state index in [9.17, 15) is 9.59 Å². The van der Waals surface area contributed by atoms with E-state index in [0.717, 1.165) is 37.3 Å². The Labute approximate surface area is 192 Å². The zero-order chi connectivity index (χ0) is 23.2. The van der Waals surface area contributed by atoms with E-state index in [1.165, 1.54) is 0 Å². The van der Waals surface area contributed by atoms with Crippen LogP contribution in [-0.4, -0.2) is 71.6 Å². The fraction of sp³-hybridized carbons (Fsp3) is 0.333. The summed E-state index contributed by atoms with van der Waals surface area (Å²) in [6.07, 6.45) is 0. The molecule has 0 saturated carbocycles. The number of carbonyl (C=O) groups excluding carboxylic acids is 2. The normalized spacial score (nSPS) is 15.7. The van der Waals surface area contributed by atoms with Crippen molar-refractivity contribution in [2.75, 3.05) is 45.1 Å². The Bertz CT molecular complexity index is 1080. The molecule has 2 aromatic carbocycles. The number of aromatic nitrogens is 2. The van der Waals surface area contributed by atoms with E-state index in [1.54, 1.807) is 31.2 Å². The van der Waals surface area contributed by atoms with Gasteiger partial charge in [-0.15, -0.1) is 10.2 Å². The van der Waals surface area contributed by atoms with Gasteiger partial charge in [-0.2, -0.15) is 0 Å². The third-order valence-corrected chi connectivity index (χ3v) is 5.74. The number of benzene rings is 2. The summed E-state index contributed by atoms with van der Waals surface area (Å²) in [7, 11) is 2.11. The molecule has 2 amide bonds. The van der Waals surface area contributed by atoms with Crippen molar-refractivity contribution in [3.8, 4) is 11.5 Å². The minimum atomic E-state index is -0.707. The molecule has 3 aromatic rings. The number of hydrogen-bond acceptors (Lipinski definition) is 7. The first-order chi connectivity index (χ1) is 16.0. The molecular formula is C24H28N6O3. The quantitative estimate of drug-likeness (QED) is 0.557. The highest BCUT2D eigenvalue weighted by Gasteiger charge is 2.25. The molecule has 0 bridgehead atoms. The largest absolute Gasteiger partial charge is 0.421 e. The van der Waals surface area contributed by atoms with Crippen LogP contribution in [-0.2, 0) is 9.59 Å². The number of hydrogen-bond donors (Lipinski definition) is 2. The second-order valence-electron chi connectivity index (χ2n) is 8.13. The van der Waals surface area contributed by atoms with Crippen LogP contribution in [0.2, 0.25) is 0 Å². The summed E-state index contributed by atoms with van der Waals surface area (Å²) in [5.41, 5.74) is 2.36. The van der Waals surface area contributed by atoms with E-state index in [4.69, 9.17) is 4.42 Å². The van der Waals surface area contributed by atoms with E-state index < -0.39 is 11.8 Å². The smallest absolute Gasteiger partial charge is 0.313 e. The van der Waals surface area contributed by atoms with Gasteiger partial charge in [-0.25, -0.2) is 0 Å². The number of anilines is 1.